The molecule has 104 valence electrons. The third-order valence-electron chi connectivity index (χ3n) is 3.61. The lowest BCUT2D eigenvalue weighted by atomic mass is 10.1. The van der Waals surface area contributed by atoms with Crippen LogP contribution in [0.4, 0.5) is 0 Å². The zero-order valence-corrected chi connectivity index (χ0v) is 11.1. The number of hydrogen-bond donors (Lipinski definition) is 2. The summed E-state index contributed by atoms with van der Waals surface area (Å²) < 4.78 is 5.31. The van der Waals surface area contributed by atoms with Crippen molar-refractivity contribution in [3.8, 4) is 0 Å². The fourth-order valence-electron chi connectivity index (χ4n) is 2.52. The van der Waals surface area contributed by atoms with Gasteiger partial charge in [-0.25, -0.2) is 4.79 Å². The van der Waals surface area contributed by atoms with Gasteiger partial charge in [0.15, 0.2) is 5.76 Å². The smallest absolute Gasteiger partial charge is 0.339 e. The molecule has 0 atom stereocenters. The van der Waals surface area contributed by atoms with Crippen LogP contribution in [0.3, 0.4) is 0 Å². The standard InChI is InChI=1S/C14H19NO4/c1-2-11-10(14(17)18)7-12(19-11)13(16)15-8-9-5-3-4-6-9/h7,9H,2-6,8H2,1H3,(H,15,16)(H,17,18). The van der Waals surface area contributed by atoms with Gasteiger partial charge >= 0.3 is 5.97 Å². The van der Waals surface area contributed by atoms with Crippen molar-refractivity contribution < 1.29 is 19.1 Å². The predicted molar refractivity (Wildman–Crippen MR) is 69.3 cm³/mol. The summed E-state index contributed by atoms with van der Waals surface area (Å²) in [7, 11) is 0. The molecule has 19 heavy (non-hydrogen) atoms. The number of carbonyl (C=O) groups is 2. The number of nitrogens with one attached hydrogen (secondary N) is 1. The molecule has 1 fully saturated rings. The normalized spacial score (nSPS) is 15.6. The van der Waals surface area contributed by atoms with Crippen molar-refractivity contribution in [3.05, 3.63) is 23.2 Å². The Balaban J connectivity index is 2.00. The van der Waals surface area contributed by atoms with Crippen molar-refractivity contribution in [2.24, 2.45) is 5.92 Å². The molecule has 0 spiro atoms. The molecule has 2 rings (SSSR count). The summed E-state index contributed by atoms with van der Waals surface area (Å²) in [6.45, 7) is 2.44. The Morgan fingerprint density at radius 3 is 2.63 bits per heavy atom. The highest BCUT2D eigenvalue weighted by molar-refractivity contribution is 5.96. The number of furan rings is 1. The Kier molecular flexibility index (Phi) is 4.24. The lowest BCUT2D eigenvalue weighted by molar-refractivity contribution is 0.0694. The molecule has 1 aromatic heterocycles. The van der Waals surface area contributed by atoms with Crippen LogP contribution in [0.1, 0.15) is 59.3 Å². The fraction of sp³-hybridized carbons (Fsp3) is 0.571. The van der Waals surface area contributed by atoms with E-state index in [1.807, 2.05) is 0 Å². The summed E-state index contributed by atoms with van der Waals surface area (Å²) in [6.07, 6.45) is 5.21. The number of hydrogen-bond acceptors (Lipinski definition) is 3. The number of amides is 1. The molecular formula is C14H19NO4. The predicted octanol–water partition coefficient (Wildman–Crippen LogP) is 2.46. The molecule has 0 unspecified atom stereocenters. The van der Waals surface area contributed by atoms with Crippen molar-refractivity contribution in [2.45, 2.75) is 39.0 Å². The third kappa shape index (κ3) is 3.16. The molecule has 1 heterocycles. The van der Waals surface area contributed by atoms with Crippen LogP contribution in [0.5, 0.6) is 0 Å². The van der Waals surface area contributed by atoms with Gasteiger partial charge in [0.2, 0.25) is 0 Å². The molecule has 0 aliphatic heterocycles. The largest absolute Gasteiger partial charge is 0.478 e. The van der Waals surface area contributed by atoms with Crippen molar-refractivity contribution in [1.29, 1.82) is 0 Å². The first kappa shape index (κ1) is 13.6. The summed E-state index contributed by atoms with van der Waals surface area (Å²) in [5.74, 6) is -0.404. The number of carbonyl (C=O) groups excluding carboxylic acids is 1. The van der Waals surface area contributed by atoms with E-state index in [-0.39, 0.29) is 17.2 Å². The van der Waals surface area contributed by atoms with Gasteiger partial charge in [-0.2, -0.15) is 0 Å². The van der Waals surface area contributed by atoms with Gasteiger partial charge in [-0.1, -0.05) is 19.8 Å². The van der Waals surface area contributed by atoms with E-state index in [1.54, 1.807) is 6.92 Å². The second-order valence-corrected chi connectivity index (χ2v) is 4.97. The number of aryl methyl sites for hydroxylation is 1. The SMILES string of the molecule is CCc1oc(C(=O)NCC2CCCC2)cc1C(=O)O. The van der Waals surface area contributed by atoms with E-state index in [9.17, 15) is 9.59 Å². The van der Waals surface area contributed by atoms with Gasteiger partial charge in [-0.3, -0.25) is 4.79 Å². The average molecular weight is 265 g/mol. The molecule has 0 saturated heterocycles. The first-order chi connectivity index (χ1) is 9.11. The van der Waals surface area contributed by atoms with Crippen LogP contribution in [0.2, 0.25) is 0 Å². The molecule has 1 amide bonds. The topological polar surface area (TPSA) is 79.5 Å². The van der Waals surface area contributed by atoms with Crippen LogP contribution in [0.15, 0.2) is 10.5 Å². The Bertz CT molecular complexity index is 472. The minimum Gasteiger partial charge on any atom is -0.478 e. The van der Waals surface area contributed by atoms with Gasteiger partial charge in [0, 0.05) is 19.0 Å². The Morgan fingerprint density at radius 2 is 2.11 bits per heavy atom. The fourth-order valence-corrected chi connectivity index (χ4v) is 2.52. The van der Waals surface area contributed by atoms with E-state index < -0.39 is 5.97 Å². The minimum absolute atomic E-state index is 0.0773. The summed E-state index contributed by atoms with van der Waals surface area (Å²) in [5.41, 5.74) is 0.0773. The molecular weight excluding hydrogens is 246 g/mol. The molecule has 0 aromatic carbocycles. The van der Waals surface area contributed by atoms with E-state index in [1.165, 1.54) is 18.9 Å². The van der Waals surface area contributed by atoms with Crippen LogP contribution in [-0.4, -0.2) is 23.5 Å². The van der Waals surface area contributed by atoms with Gasteiger partial charge in [0.25, 0.3) is 5.91 Å². The maximum Gasteiger partial charge on any atom is 0.339 e. The first-order valence-electron chi connectivity index (χ1n) is 6.76. The Labute approximate surface area is 112 Å². The van der Waals surface area contributed by atoms with Gasteiger partial charge in [-0.15, -0.1) is 0 Å². The summed E-state index contributed by atoms with van der Waals surface area (Å²) in [5, 5.41) is 11.8. The van der Waals surface area contributed by atoms with Crippen LogP contribution >= 0.6 is 0 Å². The molecule has 5 heteroatoms. The summed E-state index contributed by atoms with van der Waals surface area (Å²) in [4.78, 5) is 22.9. The molecule has 0 radical (unpaired) electrons. The molecule has 5 nitrogen and oxygen atoms in total. The average Bonchev–Trinajstić information content (AvgIpc) is 3.04. The zero-order valence-electron chi connectivity index (χ0n) is 11.1. The summed E-state index contributed by atoms with van der Waals surface area (Å²) >= 11 is 0. The second kappa shape index (κ2) is 5.91. The van der Waals surface area contributed by atoms with Gasteiger partial charge < -0.3 is 14.8 Å². The van der Waals surface area contributed by atoms with E-state index in [2.05, 4.69) is 5.32 Å². The Hall–Kier alpha value is -1.78. The maximum absolute atomic E-state index is 11.9. The lowest BCUT2D eigenvalue weighted by Gasteiger charge is -2.09. The number of carboxylic acids is 1. The molecule has 1 aromatic rings. The van der Waals surface area contributed by atoms with Crippen LogP contribution in [0, 0.1) is 5.92 Å². The van der Waals surface area contributed by atoms with E-state index in [0.717, 1.165) is 12.8 Å². The number of rotatable bonds is 5. The zero-order chi connectivity index (χ0) is 13.8. The van der Waals surface area contributed by atoms with Crippen LogP contribution in [0.25, 0.3) is 0 Å². The van der Waals surface area contributed by atoms with Crippen LogP contribution < -0.4 is 5.32 Å². The van der Waals surface area contributed by atoms with E-state index in [0.29, 0.717) is 24.6 Å². The minimum atomic E-state index is -1.06. The van der Waals surface area contributed by atoms with Gasteiger partial charge in [0.1, 0.15) is 11.3 Å². The molecule has 2 N–H and O–H groups in total. The molecule has 1 aliphatic carbocycles. The van der Waals surface area contributed by atoms with Crippen molar-refractivity contribution in [1.82, 2.24) is 5.32 Å². The molecule has 1 saturated carbocycles. The van der Waals surface area contributed by atoms with E-state index in [4.69, 9.17) is 9.52 Å². The maximum atomic E-state index is 11.9. The van der Waals surface area contributed by atoms with Crippen molar-refractivity contribution in [3.63, 3.8) is 0 Å². The highest BCUT2D eigenvalue weighted by Gasteiger charge is 2.21. The molecule has 0 bridgehead atoms. The highest BCUT2D eigenvalue weighted by atomic mass is 16.4. The third-order valence-corrected chi connectivity index (χ3v) is 3.61. The van der Waals surface area contributed by atoms with Crippen molar-refractivity contribution in [2.75, 3.05) is 6.54 Å². The van der Waals surface area contributed by atoms with Crippen molar-refractivity contribution >= 4 is 11.9 Å². The number of aromatic carboxylic acids is 1. The lowest BCUT2D eigenvalue weighted by Crippen LogP contribution is -2.28. The first-order valence-corrected chi connectivity index (χ1v) is 6.76. The monoisotopic (exact) mass is 265 g/mol. The molecule has 1 aliphatic rings. The Morgan fingerprint density at radius 1 is 1.42 bits per heavy atom. The van der Waals surface area contributed by atoms with Gasteiger partial charge in [0.05, 0.1) is 0 Å². The highest BCUT2D eigenvalue weighted by Crippen LogP contribution is 2.24. The summed E-state index contributed by atoms with van der Waals surface area (Å²) in [6, 6.07) is 1.31. The van der Waals surface area contributed by atoms with E-state index >= 15 is 0 Å². The second-order valence-electron chi connectivity index (χ2n) is 4.97. The number of carboxylic acid groups (broad SMARTS) is 1. The quantitative estimate of drug-likeness (QED) is 0.857. The van der Waals surface area contributed by atoms with Gasteiger partial charge in [-0.05, 0) is 18.8 Å². The van der Waals surface area contributed by atoms with Crippen LogP contribution in [-0.2, 0) is 6.42 Å².